The van der Waals surface area contributed by atoms with Gasteiger partial charge >= 0.3 is 0 Å². The maximum atomic E-state index is 8.91. The summed E-state index contributed by atoms with van der Waals surface area (Å²) in [4.78, 5) is 3.89. The smallest absolute Gasteiger partial charge is 0.183 e. The maximum Gasteiger partial charge on any atom is 0.183 e. The summed E-state index contributed by atoms with van der Waals surface area (Å²) in [6.45, 7) is 0. The van der Waals surface area contributed by atoms with Gasteiger partial charge in [0, 0.05) is 16.7 Å². The summed E-state index contributed by atoms with van der Waals surface area (Å²) in [6.07, 6.45) is 1.52. The first-order valence-corrected chi connectivity index (χ1v) is 6.34. The molecule has 90 valence electrons. The molecule has 18 heavy (non-hydrogen) atoms. The second-order valence-corrected chi connectivity index (χ2v) is 4.93. The van der Waals surface area contributed by atoms with Crippen molar-refractivity contribution < 1.29 is 4.74 Å². The van der Waals surface area contributed by atoms with E-state index in [2.05, 4.69) is 20.9 Å². The van der Waals surface area contributed by atoms with E-state index < -0.39 is 0 Å². The van der Waals surface area contributed by atoms with Crippen LogP contribution < -0.4 is 4.74 Å². The lowest BCUT2D eigenvalue weighted by Gasteiger charge is -2.09. The number of benzene rings is 1. The Morgan fingerprint density at radius 3 is 2.72 bits per heavy atom. The SMILES string of the molecule is N#Cc1ncccc1Oc1cc(Cl)c(Br)cc1Cl. The average Bonchev–Trinajstić information content (AvgIpc) is 2.36. The third kappa shape index (κ3) is 2.75. The van der Waals surface area contributed by atoms with E-state index in [1.165, 1.54) is 6.20 Å². The van der Waals surface area contributed by atoms with E-state index in [0.29, 0.717) is 26.0 Å². The van der Waals surface area contributed by atoms with Crippen molar-refractivity contribution in [2.75, 3.05) is 0 Å². The Balaban J connectivity index is 2.41. The molecule has 1 heterocycles. The number of hydrogen-bond acceptors (Lipinski definition) is 3. The van der Waals surface area contributed by atoms with Gasteiger partial charge in [0.2, 0.25) is 0 Å². The van der Waals surface area contributed by atoms with Crippen LogP contribution in [-0.4, -0.2) is 4.98 Å². The van der Waals surface area contributed by atoms with Gasteiger partial charge in [0.25, 0.3) is 0 Å². The Morgan fingerprint density at radius 1 is 1.22 bits per heavy atom. The topological polar surface area (TPSA) is 45.9 Å². The molecular formula is C12H5BrCl2N2O. The number of aromatic nitrogens is 1. The van der Waals surface area contributed by atoms with E-state index in [9.17, 15) is 0 Å². The minimum absolute atomic E-state index is 0.188. The molecule has 0 amide bonds. The third-order valence-electron chi connectivity index (χ3n) is 2.07. The van der Waals surface area contributed by atoms with Crippen LogP contribution in [0, 0.1) is 11.3 Å². The zero-order valence-electron chi connectivity index (χ0n) is 8.82. The average molecular weight is 344 g/mol. The number of nitriles is 1. The van der Waals surface area contributed by atoms with E-state index in [1.807, 2.05) is 6.07 Å². The maximum absolute atomic E-state index is 8.91. The molecule has 1 aromatic heterocycles. The molecule has 0 unspecified atom stereocenters. The predicted octanol–water partition coefficient (Wildman–Crippen LogP) is 4.81. The minimum atomic E-state index is 0.188. The van der Waals surface area contributed by atoms with Gasteiger partial charge in [-0.1, -0.05) is 23.2 Å². The fourth-order valence-electron chi connectivity index (χ4n) is 1.26. The van der Waals surface area contributed by atoms with Gasteiger partial charge in [-0.15, -0.1) is 0 Å². The van der Waals surface area contributed by atoms with Crippen LogP contribution in [0.3, 0.4) is 0 Å². The Kier molecular flexibility index (Phi) is 4.07. The van der Waals surface area contributed by atoms with Gasteiger partial charge in [-0.05, 0) is 34.1 Å². The molecule has 1 aromatic carbocycles. The van der Waals surface area contributed by atoms with Gasteiger partial charge in [-0.25, -0.2) is 4.98 Å². The Labute approximate surface area is 122 Å². The van der Waals surface area contributed by atoms with Gasteiger partial charge in [0.1, 0.15) is 11.8 Å². The number of halogens is 3. The van der Waals surface area contributed by atoms with Crippen molar-refractivity contribution in [2.45, 2.75) is 0 Å². The van der Waals surface area contributed by atoms with E-state index in [1.54, 1.807) is 24.3 Å². The lowest BCUT2D eigenvalue weighted by molar-refractivity contribution is 0.478. The van der Waals surface area contributed by atoms with Gasteiger partial charge < -0.3 is 4.74 Å². The van der Waals surface area contributed by atoms with Crippen LogP contribution in [0.5, 0.6) is 11.5 Å². The van der Waals surface area contributed by atoms with Crippen molar-refractivity contribution >= 4 is 39.1 Å². The molecule has 0 radical (unpaired) electrons. The molecule has 0 bridgehead atoms. The van der Waals surface area contributed by atoms with Gasteiger partial charge in [-0.2, -0.15) is 5.26 Å². The molecular weight excluding hydrogens is 339 g/mol. The van der Waals surface area contributed by atoms with Crippen LogP contribution in [0.15, 0.2) is 34.9 Å². The summed E-state index contributed by atoms with van der Waals surface area (Å²) in [5, 5.41) is 9.76. The van der Waals surface area contributed by atoms with E-state index in [4.69, 9.17) is 33.2 Å². The van der Waals surface area contributed by atoms with E-state index in [0.717, 1.165) is 0 Å². The van der Waals surface area contributed by atoms with Crippen LogP contribution >= 0.6 is 39.1 Å². The van der Waals surface area contributed by atoms with Gasteiger partial charge in [-0.3, -0.25) is 0 Å². The molecule has 0 saturated carbocycles. The Bertz CT molecular complexity index is 640. The first kappa shape index (κ1) is 13.2. The lowest BCUT2D eigenvalue weighted by Crippen LogP contribution is -1.91. The number of rotatable bonds is 2. The molecule has 0 aliphatic heterocycles. The zero-order valence-corrected chi connectivity index (χ0v) is 11.9. The zero-order chi connectivity index (χ0) is 13.1. The standard InChI is InChI=1S/C12H5BrCl2N2O/c13-7-4-9(15)12(5-8(7)14)18-11-2-1-3-17-10(11)6-16/h1-5H. The van der Waals surface area contributed by atoms with E-state index in [-0.39, 0.29) is 5.69 Å². The molecule has 0 atom stereocenters. The van der Waals surface area contributed by atoms with Gasteiger partial charge in [0.15, 0.2) is 11.4 Å². The minimum Gasteiger partial charge on any atom is -0.453 e. The molecule has 0 N–H and O–H groups in total. The normalized spacial score (nSPS) is 9.89. The molecule has 0 saturated heterocycles. The third-order valence-corrected chi connectivity index (χ3v) is 3.56. The fourth-order valence-corrected chi connectivity index (χ4v) is 2.09. The number of hydrogen-bond donors (Lipinski definition) is 0. The van der Waals surface area contributed by atoms with Crippen molar-refractivity contribution in [3.8, 4) is 17.6 Å². The summed E-state index contributed by atoms with van der Waals surface area (Å²) < 4.78 is 6.22. The summed E-state index contributed by atoms with van der Waals surface area (Å²) >= 11 is 15.2. The monoisotopic (exact) mass is 342 g/mol. The Hall–Kier alpha value is -1.28. The molecule has 6 heteroatoms. The van der Waals surface area contributed by atoms with Crippen molar-refractivity contribution in [3.63, 3.8) is 0 Å². The largest absolute Gasteiger partial charge is 0.453 e. The number of nitrogens with zero attached hydrogens (tertiary/aromatic N) is 2. The van der Waals surface area contributed by atoms with Crippen LogP contribution in [-0.2, 0) is 0 Å². The second-order valence-electron chi connectivity index (χ2n) is 3.26. The Morgan fingerprint density at radius 2 is 2.00 bits per heavy atom. The highest BCUT2D eigenvalue weighted by Crippen LogP contribution is 2.36. The highest BCUT2D eigenvalue weighted by molar-refractivity contribution is 9.10. The molecule has 0 fully saturated rings. The molecule has 0 aliphatic carbocycles. The summed E-state index contributed by atoms with van der Waals surface area (Å²) in [7, 11) is 0. The molecule has 3 nitrogen and oxygen atoms in total. The molecule has 2 aromatic rings. The quantitative estimate of drug-likeness (QED) is 0.734. The van der Waals surface area contributed by atoms with Crippen LogP contribution in [0.4, 0.5) is 0 Å². The highest BCUT2D eigenvalue weighted by atomic mass is 79.9. The van der Waals surface area contributed by atoms with Crippen molar-refractivity contribution in [1.29, 1.82) is 5.26 Å². The highest BCUT2D eigenvalue weighted by Gasteiger charge is 2.10. The van der Waals surface area contributed by atoms with E-state index >= 15 is 0 Å². The van der Waals surface area contributed by atoms with Crippen molar-refractivity contribution in [1.82, 2.24) is 4.98 Å². The first-order valence-electron chi connectivity index (χ1n) is 4.79. The second kappa shape index (κ2) is 5.57. The lowest BCUT2D eigenvalue weighted by atomic mass is 10.3. The molecule has 2 rings (SSSR count). The predicted molar refractivity (Wildman–Crippen MR) is 73.2 cm³/mol. The van der Waals surface area contributed by atoms with Crippen molar-refractivity contribution in [2.24, 2.45) is 0 Å². The number of ether oxygens (including phenoxy) is 1. The van der Waals surface area contributed by atoms with Crippen LogP contribution in [0.2, 0.25) is 10.0 Å². The van der Waals surface area contributed by atoms with Crippen LogP contribution in [0.25, 0.3) is 0 Å². The molecule has 0 spiro atoms. The van der Waals surface area contributed by atoms with Gasteiger partial charge in [0.05, 0.1) is 10.0 Å². The summed E-state index contributed by atoms with van der Waals surface area (Å²) in [5.74, 6) is 0.703. The van der Waals surface area contributed by atoms with Crippen molar-refractivity contribution in [3.05, 3.63) is 50.7 Å². The fraction of sp³-hybridized carbons (Fsp3) is 0. The summed E-state index contributed by atoms with van der Waals surface area (Å²) in [6, 6.07) is 8.45. The molecule has 0 aliphatic rings. The number of pyridine rings is 1. The summed E-state index contributed by atoms with van der Waals surface area (Å²) in [5.41, 5.74) is 0.188. The first-order chi connectivity index (χ1) is 8.61. The van der Waals surface area contributed by atoms with Crippen LogP contribution in [0.1, 0.15) is 5.69 Å².